The molecule has 0 saturated heterocycles. The molecule has 0 heteroatoms. The molecule has 0 rings (SSSR count). The third-order valence-corrected chi connectivity index (χ3v) is 3.49. The van der Waals surface area contributed by atoms with Crippen molar-refractivity contribution in [1.29, 1.82) is 0 Å². The Bertz CT molecular complexity index is 194. The summed E-state index contributed by atoms with van der Waals surface area (Å²) in [5, 5.41) is 0. The fraction of sp³-hybridized carbons (Fsp3) is 0.882. The van der Waals surface area contributed by atoms with Gasteiger partial charge in [-0.25, -0.2) is 0 Å². The molecule has 0 aliphatic heterocycles. The molecule has 0 heterocycles. The monoisotopic (exact) mass is 236 g/mol. The van der Waals surface area contributed by atoms with E-state index >= 15 is 0 Å². The molecule has 1 atom stereocenters. The third-order valence-electron chi connectivity index (χ3n) is 3.49. The lowest BCUT2D eigenvalue weighted by molar-refractivity contribution is 0.408. The smallest absolute Gasteiger partial charge is 0.00887 e. The lowest BCUT2D eigenvalue weighted by Gasteiger charge is -2.13. The number of hydrogen-bond donors (Lipinski definition) is 0. The summed E-state index contributed by atoms with van der Waals surface area (Å²) in [7, 11) is 0. The molecule has 0 N–H and O–H groups in total. The summed E-state index contributed by atoms with van der Waals surface area (Å²) < 4.78 is 0. The lowest BCUT2D eigenvalue weighted by Crippen LogP contribution is -1.98. The van der Waals surface area contributed by atoms with Gasteiger partial charge in [0.15, 0.2) is 0 Å². The van der Waals surface area contributed by atoms with Crippen molar-refractivity contribution in [2.45, 2.75) is 91.4 Å². The third kappa shape index (κ3) is 11.8. The average molecular weight is 236 g/mol. The molecule has 100 valence electrons. The van der Waals surface area contributed by atoms with Crippen molar-refractivity contribution in [3.8, 4) is 11.8 Å². The normalized spacial score (nSPS) is 11.9. The summed E-state index contributed by atoms with van der Waals surface area (Å²) in [6.45, 7) is 6.85. The highest BCUT2D eigenvalue weighted by molar-refractivity contribution is 4.98. The van der Waals surface area contributed by atoms with Crippen LogP contribution in [-0.4, -0.2) is 0 Å². The molecule has 0 saturated carbocycles. The molecular formula is C17H32. The van der Waals surface area contributed by atoms with E-state index in [1.165, 1.54) is 57.8 Å². The topological polar surface area (TPSA) is 0 Å². The van der Waals surface area contributed by atoms with Crippen molar-refractivity contribution >= 4 is 0 Å². The van der Waals surface area contributed by atoms with Crippen molar-refractivity contribution in [1.82, 2.24) is 0 Å². The molecule has 1 unspecified atom stereocenters. The van der Waals surface area contributed by atoms with Crippen LogP contribution in [0.2, 0.25) is 0 Å². The van der Waals surface area contributed by atoms with Gasteiger partial charge in [0.25, 0.3) is 0 Å². The van der Waals surface area contributed by atoms with Crippen molar-refractivity contribution in [3.63, 3.8) is 0 Å². The Hall–Kier alpha value is -0.440. The first-order chi connectivity index (χ1) is 8.35. The van der Waals surface area contributed by atoms with Gasteiger partial charge in [-0.1, -0.05) is 59.3 Å². The average Bonchev–Trinajstić information content (AvgIpc) is 2.35. The minimum atomic E-state index is 0.957. The summed E-state index contributed by atoms with van der Waals surface area (Å²) in [4.78, 5) is 0. The highest BCUT2D eigenvalue weighted by Gasteiger charge is 2.04. The maximum Gasteiger partial charge on any atom is 0.00887 e. The number of hydrogen-bond acceptors (Lipinski definition) is 0. The van der Waals surface area contributed by atoms with Gasteiger partial charge in [0, 0.05) is 12.8 Å². The van der Waals surface area contributed by atoms with Crippen molar-refractivity contribution in [3.05, 3.63) is 0 Å². The largest absolute Gasteiger partial charge is 0.103 e. The van der Waals surface area contributed by atoms with Gasteiger partial charge in [-0.2, -0.15) is 0 Å². The second-order valence-corrected chi connectivity index (χ2v) is 5.12. The van der Waals surface area contributed by atoms with Crippen LogP contribution in [0.5, 0.6) is 0 Å². The first-order valence-corrected chi connectivity index (χ1v) is 7.80. The van der Waals surface area contributed by atoms with E-state index in [0.29, 0.717) is 0 Å². The van der Waals surface area contributed by atoms with E-state index in [0.717, 1.165) is 18.8 Å². The van der Waals surface area contributed by atoms with E-state index < -0.39 is 0 Å². The van der Waals surface area contributed by atoms with E-state index in [9.17, 15) is 0 Å². The molecule has 0 aliphatic carbocycles. The van der Waals surface area contributed by atoms with E-state index in [1.54, 1.807) is 0 Å². The maximum absolute atomic E-state index is 3.32. The van der Waals surface area contributed by atoms with Crippen molar-refractivity contribution < 1.29 is 0 Å². The molecule has 0 spiro atoms. The fourth-order valence-electron chi connectivity index (χ4n) is 2.16. The van der Waals surface area contributed by atoms with Gasteiger partial charge in [-0.15, -0.1) is 11.8 Å². The van der Waals surface area contributed by atoms with Crippen molar-refractivity contribution in [2.75, 3.05) is 0 Å². The summed E-state index contributed by atoms with van der Waals surface area (Å²) >= 11 is 0. The van der Waals surface area contributed by atoms with Crippen LogP contribution in [0.1, 0.15) is 91.4 Å². The molecule has 0 aromatic rings. The molecule has 0 aliphatic rings. The molecular weight excluding hydrogens is 204 g/mol. The highest BCUT2D eigenvalue weighted by Crippen LogP contribution is 2.19. The molecule has 17 heavy (non-hydrogen) atoms. The van der Waals surface area contributed by atoms with E-state index in [-0.39, 0.29) is 0 Å². The Morgan fingerprint density at radius 2 is 1.29 bits per heavy atom. The van der Waals surface area contributed by atoms with Crippen molar-refractivity contribution in [2.24, 2.45) is 5.92 Å². The Balaban J connectivity index is 3.44. The number of unbranched alkanes of at least 4 members (excludes halogenated alkanes) is 5. The Labute approximate surface area is 110 Å². The lowest BCUT2D eigenvalue weighted by atomic mass is 9.93. The minimum absolute atomic E-state index is 0.957. The van der Waals surface area contributed by atoms with Gasteiger partial charge in [0.05, 0.1) is 0 Å². The predicted octanol–water partition coefficient (Wildman–Crippen LogP) is 5.96. The second kappa shape index (κ2) is 13.6. The van der Waals surface area contributed by atoms with Crippen LogP contribution in [0, 0.1) is 17.8 Å². The minimum Gasteiger partial charge on any atom is -0.103 e. The summed E-state index contributed by atoms with van der Waals surface area (Å²) in [5.74, 6) is 7.55. The number of rotatable bonds is 10. The SMILES string of the molecule is CCCCC#CCCCC(CC)CCCCC. The van der Waals surface area contributed by atoms with Crippen LogP contribution in [0.25, 0.3) is 0 Å². The van der Waals surface area contributed by atoms with Gasteiger partial charge >= 0.3 is 0 Å². The van der Waals surface area contributed by atoms with Crippen LogP contribution in [0.3, 0.4) is 0 Å². The summed E-state index contributed by atoms with van der Waals surface area (Å²) in [6, 6.07) is 0. The molecule has 0 radical (unpaired) electrons. The van der Waals surface area contributed by atoms with Gasteiger partial charge in [-0.3, -0.25) is 0 Å². The van der Waals surface area contributed by atoms with Gasteiger partial charge < -0.3 is 0 Å². The molecule has 0 bridgehead atoms. The second-order valence-electron chi connectivity index (χ2n) is 5.12. The molecule has 0 amide bonds. The van der Waals surface area contributed by atoms with E-state index in [2.05, 4.69) is 32.6 Å². The highest BCUT2D eigenvalue weighted by atomic mass is 14.1. The summed E-state index contributed by atoms with van der Waals surface area (Å²) in [6.07, 6.45) is 14.4. The van der Waals surface area contributed by atoms with Gasteiger partial charge in [-0.05, 0) is 25.2 Å². The molecule has 0 fully saturated rings. The fourth-order valence-corrected chi connectivity index (χ4v) is 2.16. The zero-order valence-electron chi connectivity index (χ0n) is 12.4. The van der Waals surface area contributed by atoms with E-state index in [1.807, 2.05) is 0 Å². The Morgan fingerprint density at radius 3 is 1.88 bits per heavy atom. The molecule has 0 aromatic carbocycles. The van der Waals surface area contributed by atoms with Gasteiger partial charge in [0.1, 0.15) is 0 Å². The van der Waals surface area contributed by atoms with Crippen LogP contribution in [-0.2, 0) is 0 Å². The Morgan fingerprint density at radius 1 is 0.706 bits per heavy atom. The Kier molecular flexibility index (Phi) is 13.3. The van der Waals surface area contributed by atoms with Crippen LogP contribution >= 0.6 is 0 Å². The molecule has 0 aromatic heterocycles. The predicted molar refractivity (Wildman–Crippen MR) is 79.1 cm³/mol. The maximum atomic E-state index is 3.32. The quantitative estimate of drug-likeness (QED) is 0.324. The summed E-state index contributed by atoms with van der Waals surface area (Å²) in [5.41, 5.74) is 0. The van der Waals surface area contributed by atoms with Gasteiger partial charge in [0.2, 0.25) is 0 Å². The zero-order valence-corrected chi connectivity index (χ0v) is 12.4. The van der Waals surface area contributed by atoms with Crippen LogP contribution < -0.4 is 0 Å². The first kappa shape index (κ1) is 16.6. The van der Waals surface area contributed by atoms with Crippen LogP contribution in [0.4, 0.5) is 0 Å². The zero-order chi connectivity index (χ0) is 12.8. The first-order valence-electron chi connectivity index (χ1n) is 7.80. The standard InChI is InChI=1S/C17H32/c1-4-7-9-10-11-12-14-16-17(6-3)15-13-8-5-2/h17H,4-9,12-16H2,1-3H3. The van der Waals surface area contributed by atoms with E-state index in [4.69, 9.17) is 0 Å². The molecule has 0 nitrogen and oxygen atoms in total. The van der Waals surface area contributed by atoms with Crippen LogP contribution in [0.15, 0.2) is 0 Å².